The van der Waals surface area contributed by atoms with E-state index in [4.69, 9.17) is 29.6 Å². The van der Waals surface area contributed by atoms with Gasteiger partial charge in [-0.15, -0.1) is 0 Å². The van der Waals surface area contributed by atoms with Crippen LogP contribution < -0.4 is 16.4 Å². The van der Waals surface area contributed by atoms with E-state index in [2.05, 4.69) is 10.6 Å². The third-order valence-electron chi connectivity index (χ3n) is 2.60. The molecular weight excluding hydrogens is 313 g/mol. The molecule has 21 heavy (non-hydrogen) atoms. The van der Waals surface area contributed by atoms with Gasteiger partial charge in [0.2, 0.25) is 0 Å². The summed E-state index contributed by atoms with van der Waals surface area (Å²) >= 11 is 10.9. The summed E-state index contributed by atoms with van der Waals surface area (Å²) in [6.45, 7) is 0. The van der Waals surface area contributed by atoms with Crippen LogP contribution in [0, 0.1) is 5.82 Å². The maximum Gasteiger partial charge on any atom is 0.323 e. The Labute approximate surface area is 131 Å². The molecule has 108 valence electrons. The smallest absolute Gasteiger partial charge is 0.323 e. The highest BCUT2D eigenvalue weighted by Crippen LogP contribution is 2.23. The van der Waals surface area contributed by atoms with E-state index >= 15 is 0 Å². The second-order valence-corrected chi connectivity index (χ2v) is 4.99. The minimum Gasteiger partial charge on any atom is -0.389 e. The number of carbonyl (C=O) groups excluding carboxylic acids is 1. The van der Waals surface area contributed by atoms with Crippen molar-refractivity contribution in [2.45, 2.75) is 0 Å². The molecule has 0 fully saturated rings. The fourth-order valence-electron chi connectivity index (χ4n) is 1.59. The Balaban J connectivity index is 2.06. The van der Waals surface area contributed by atoms with Gasteiger partial charge in [-0.05, 0) is 42.5 Å². The molecular formula is C14H11ClFN3OS. The molecule has 2 rings (SSSR count). The van der Waals surface area contributed by atoms with Crippen molar-refractivity contribution in [2.75, 3.05) is 10.6 Å². The number of hydrogen-bond donors (Lipinski definition) is 3. The first-order chi connectivity index (χ1) is 9.95. The lowest BCUT2D eigenvalue weighted by atomic mass is 10.2. The van der Waals surface area contributed by atoms with Crippen molar-refractivity contribution in [1.29, 1.82) is 0 Å². The molecule has 4 N–H and O–H groups in total. The molecule has 0 spiro atoms. The predicted octanol–water partition coefficient (Wildman–Crippen LogP) is 3.76. The van der Waals surface area contributed by atoms with Gasteiger partial charge in [-0.25, -0.2) is 9.18 Å². The highest BCUT2D eigenvalue weighted by Gasteiger charge is 2.08. The zero-order chi connectivity index (χ0) is 15.4. The first-order valence-corrected chi connectivity index (χ1v) is 6.67. The Hall–Kier alpha value is -2.18. The maximum atomic E-state index is 12.8. The van der Waals surface area contributed by atoms with E-state index in [1.54, 1.807) is 18.2 Å². The van der Waals surface area contributed by atoms with Crippen LogP contribution >= 0.6 is 23.8 Å². The van der Waals surface area contributed by atoms with Crippen LogP contribution in [-0.2, 0) is 0 Å². The third kappa shape index (κ3) is 4.14. The molecule has 0 heterocycles. The number of nitrogens with one attached hydrogen (secondary N) is 2. The van der Waals surface area contributed by atoms with Gasteiger partial charge in [-0.1, -0.05) is 23.8 Å². The van der Waals surface area contributed by atoms with E-state index in [-0.39, 0.29) is 10.8 Å². The Morgan fingerprint density at radius 3 is 2.38 bits per heavy atom. The monoisotopic (exact) mass is 323 g/mol. The predicted molar refractivity (Wildman–Crippen MR) is 86.4 cm³/mol. The summed E-state index contributed by atoms with van der Waals surface area (Å²) in [5.74, 6) is -0.377. The molecule has 7 heteroatoms. The fraction of sp³-hybridized carbons (Fsp3) is 0. The number of nitrogens with two attached hydrogens (primary N) is 1. The van der Waals surface area contributed by atoms with E-state index in [1.165, 1.54) is 24.3 Å². The minimum absolute atomic E-state index is 0.221. The van der Waals surface area contributed by atoms with Crippen molar-refractivity contribution in [3.8, 4) is 0 Å². The molecule has 0 bridgehead atoms. The van der Waals surface area contributed by atoms with Crippen molar-refractivity contribution in [1.82, 2.24) is 0 Å². The van der Waals surface area contributed by atoms with E-state index < -0.39 is 6.03 Å². The van der Waals surface area contributed by atoms with Gasteiger partial charge in [0.1, 0.15) is 10.8 Å². The zero-order valence-corrected chi connectivity index (χ0v) is 12.3. The van der Waals surface area contributed by atoms with E-state index in [0.717, 1.165) is 0 Å². The minimum atomic E-state index is -0.494. The van der Waals surface area contributed by atoms with Crippen LogP contribution in [0.25, 0.3) is 0 Å². The standard InChI is InChI=1S/C14H11ClFN3OS/c15-11-7-8(13(17)21)1-6-12(11)19-14(20)18-10-4-2-9(16)3-5-10/h1-7H,(H2,17,21)(H2,18,19,20). The number of benzene rings is 2. The number of rotatable bonds is 3. The number of carbonyl (C=O) groups is 1. The Morgan fingerprint density at radius 1 is 1.14 bits per heavy atom. The number of urea groups is 1. The maximum absolute atomic E-state index is 12.8. The molecule has 0 aromatic heterocycles. The van der Waals surface area contributed by atoms with Crippen molar-refractivity contribution in [2.24, 2.45) is 5.73 Å². The van der Waals surface area contributed by atoms with E-state index in [0.29, 0.717) is 22.0 Å². The van der Waals surface area contributed by atoms with Crippen LogP contribution in [0.3, 0.4) is 0 Å². The van der Waals surface area contributed by atoms with Gasteiger partial charge < -0.3 is 16.4 Å². The van der Waals surface area contributed by atoms with E-state index in [9.17, 15) is 9.18 Å². The summed E-state index contributed by atoms with van der Waals surface area (Å²) in [6.07, 6.45) is 0. The van der Waals surface area contributed by atoms with Gasteiger partial charge in [0, 0.05) is 11.3 Å². The molecule has 0 unspecified atom stereocenters. The van der Waals surface area contributed by atoms with Crippen LogP contribution in [0.2, 0.25) is 5.02 Å². The summed E-state index contributed by atoms with van der Waals surface area (Å²) in [5, 5.41) is 5.45. The molecule has 4 nitrogen and oxygen atoms in total. The first-order valence-electron chi connectivity index (χ1n) is 5.88. The lowest BCUT2D eigenvalue weighted by Gasteiger charge is -2.10. The number of hydrogen-bond acceptors (Lipinski definition) is 2. The molecule has 2 aromatic rings. The summed E-state index contributed by atoms with van der Waals surface area (Å²) in [5.41, 5.74) is 6.98. The number of halogens is 2. The molecule has 0 aliphatic carbocycles. The molecule has 0 radical (unpaired) electrons. The van der Waals surface area contributed by atoms with Gasteiger partial charge in [0.15, 0.2) is 0 Å². The molecule has 0 saturated heterocycles. The van der Waals surface area contributed by atoms with Crippen LogP contribution in [0.15, 0.2) is 42.5 Å². The van der Waals surface area contributed by atoms with Crippen LogP contribution in [-0.4, -0.2) is 11.0 Å². The van der Waals surface area contributed by atoms with E-state index in [1.807, 2.05) is 0 Å². The van der Waals surface area contributed by atoms with Crippen LogP contribution in [0.5, 0.6) is 0 Å². The normalized spacial score (nSPS) is 10.0. The molecule has 0 aliphatic heterocycles. The zero-order valence-electron chi connectivity index (χ0n) is 10.7. The van der Waals surface area contributed by atoms with Crippen molar-refractivity contribution in [3.05, 3.63) is 58.9 Å². The van der Waals surface area contributed by atoms with Crippen molar-refractivity contribution >= 4 is 46.2 Å². The van der Waals surface area contributed by atoms with Crippen LogP contribution in [0.4, 0.5) is 20.6 Å². The summed E-state index contributed by atoms with van der Waals surface area (Å²) in [7, 11) is 0. The SMILES string of the molecule is NC(=S)c1ccc(NC(=O)Nc2ccc(F)cc2)c(Cl)c1. The highest BCUT2D eigenvalue weighted by atomic mass is 35.5. The summed E-state index contributed by atoms with van der Waals surface area (Å²) < 4.78 is 12.8. The van der Waals surface area contributed by atoms with Gasteiger partial charge >= 0.3 is 6.03 Å². The molecule has 2 amide bonds. The largest absolute Gasteiger partial charge is 0.389 e. The van der Waals surface area contributed by atoms with Gasteiger partial charge in [-0.3, -0.25) is 0 Å². The fourth-order valence-corrected chi connectivity index (χ4v) is 1.94. The van der Waals surface area contributed by atoms with Gasteiger partial charge in [0.05, 0.1) is 10.7 Å². The lowest BCUT2D eigenvalue weighted by molar-refractivity contribution is 0.262. The Kier molecular flexibility index (Phi) is 4.72. The number of anilines is 2. The molecule has 2 aromatic carbocycles. The number of thiocarbonyl (C=S) groups is 1. The molecule has 0 aliphatic rings. The second-order valence-electron chi connectivity index (χ2n) is 4.14. The molecule has 0 atom stereocenters. The summed E-state index contributed by atoms with van der Waals surface area (Å²) in [4.78, 5) is 12.0. The quantitative estimate of drug-likeness (QED) is 0.753. The van der Waals surface area contributed by atoms with Crippen molar-refractivity contribution < 1.29 is 9.18 Å². The highest BCUT2D eigenvalue weighted by molar-refractivity contribution is 7.80. The Bertz CT molecular complexity index is 691. The average Bonchev–Trinajstić information content (AvgIpc) is 2.43. The van der Waals surface area contributed by atoms with Crippen molar-refractivity contribution in [3.63, 3.8) is 0 Å². The van der Waals surface area contributed by atoms with Crippen LogP contribution in [0.1, 0.15) is 5.56 Å². The lowest BCUT2D eigenvalue weighted by Crippen LogP contribution is -2.19. The summed E-state index contributed by atoms with van der Waals surface area (Å²) in [6, 6.07) is 9.73. The Morgan fingerprint density at radius 2 is 1.81 bits per heavy atom. The third-order valence-corrected chi connectivity index (χ3v) is 3.15. The molecule has 0 saturated carbocycles. The topological polar surface area (TPSA) is 67.1 Å². The van der Waals surface area contributed by atoms with Gasteiger partial charge in [-0.2, -0.15) is 0 Å². The first kappa shape index (κ1) is 15.2. The second kappa shape index (κ2) is 6.51. The average molecular weight is 324 g/mol. The number of amides is 2. The van der Waals surface area contributed by atoms with Gasteiger partial charge in [0.25, 0.3) is 0 Å².